The first-order valence-electron chi connectivity index (χ1n) is 6.03. The van der Waals surface area contributed by atoms with Crippen molar-refractivity contribution >= 4 is 15.8 Å². The van der Waals surface area contributed by atoms with E-state index in [9.17, 15) is 8.42 Å². The largest absolute Gasteiger partial charge is 0.354 e. The first-order chi connectivity index (χ1) is 8.04. The van der Waals surface area contributed by atoms with Gasteiger partial charge in [-0.15, -0.1) is 0 Å². The van der Waals surface area contributed by atoms with E-state index in [0.29, 0.717) is 6.54 Å². The average molecular weight is 273 g/mol. The van der Waals surface area contributed by atoms with Crippen molar-refractivity contribution in [3.63, 3.8) is 0 Å². The predicted molar refractivity (Wildman–Crippen MR) is 74.8 cm³/mol. The van der Waals surface area contributed by atoms with Gasteiger partial charge in [0, 0.05) is 25.0 Å². The molecule has 0 amide bonds. The molecule has 0 spiro atoms. The maximum Gasteiger partial charge on any atom is 0.203 e. The van der Waals surface area contributed by atoms with E-state index >= 15 is 0 Å². The second kappa shape index (κ2) is 4.91. The van der Waals surface area contributed by atoms with Crippen molar-refractivity contribution in [2.45, 2.75) is 45.4 Å². The molecule has 18 heavy (non-hydrogen) atoms. The predicted octanol–water partition coefficient (Wildman–Crippen LogP) is 2.01. The summed E-state index contributed by atoms with van der Waals surface area (Å²) in [7, 11) is -3.10. The Balaban J connectivity index is 2.88. The fourth-order valence-electron chi connectivity index (χ4n) is 1.46. The molecule has 104 valence electrons. The van der Waals surface area contributed by atoms with Crippen molar-refractivity contribution in [1.29, 1.82) is 0 Å². The minimum absolute atomic E-state index is 0.287. The number of aryl methyl sites for hydroxylation is 1. The summed E-state index contributed by atoms with van der Waals surface area (Å²) in [5.41, 5.74) is 0.920. The van der Waals surface area contributed by atoms with Crippen molar-refractivity contribution in [1.82, 2.24) is 9.55 Å². The van der Waals surface area contributed by atoms with Crippen LogP contribution in [0.25, 0.3) is 0 Å². The lowest BCUT2D eigenvalue weighted by atomic mass is 10.2. The Kier molecular flexibility index (Phi) is 4.10. The summed E-state index contributed by atoms with van der Waals surface area (Å²) >= 11 is 0. The van der Waals surface area contributed by atoms with Crippen LogP contribution in [-0.2, 0) is 9.84 Å². The summed E-state index contributed by atoms with van der Waals surface area (Å²) in [6.07, 6.45) is 3.22. The molecule has 0 atom stereocenters. The molecule has 5 nitrogen and oxygen atoms in total. The minimum atomic E-state index is -3.10. The number of hydrogen-bond acceptors (Lipinski definition) is 4. The van der Waals surface area contributed by atoms with Crippen LogP contribution in [0.3, 0.4) is 0 Å². The molecule has 0 aliphatic rings. The van der Waals surface area contributed by atoms with E-state index in [1.165, 1.54) is 6.26 Å². The quantitative estimate of drug-likeness (QED) is 0.891. The second-order valence-electron chi connectivity index (χ2n) is 5.59. The Labute approximate surface area is 110 Å². The van der Waals surface area contributed by atoms with Crippen LogP contribution in [0.2, 0.25) is 0 Å². The molecular weight excluding hydrogens is 250 g/mol. The van der Waals surface area contributed by atoms with E-state index in [0.717, 1.165) is 11.6 Å². The number of hydrogen-bond donors (Lipinski definition) is 1. The fourth-order valence-corrected chi connectivity index (χ4v) is 1.80. The van der Waals surface area contributed by atoms with E-state index in [1.807, 2.05) is 17.7 Å². The molecule has 1 rings (SSSR count). The summed E-state index contributed by atoms with van der Waals surface area (Å²) in [6, 6.07) is 0.287. The summed E-state index contributed by atoms with van der Waals surface area (Å²) in [4.78, 5) is 4.37. The van der Waals surface area contributed by atoms with Crippen LogP contribution in [0.5, 0.6) is 0 Å². The van der Waals surface area contributed by atoms with Gasteiger partial charge in [0.15, 0.2) is 9.84 Å². The topological polar surface area (TPSA) is 64.0 Å². The van der Waals surface area contributed by atoms with Gasteiger partial charge in [0.2, 0.25) is 5.95 Å². The monoisotopic (exact) mass is 273 g/mol. The lowest BCUT2D eigenvalue weighted by Gasteiger charge is -2.23. The maximum absolute atomic E-state index is 11.6. The van der Waals surface area contributed by atoms with Gasteiger partial charge in [-0.3, -0.25) is 0 Å². The number of imidazole rings is 1. The molecule has 1 aromatic heterocycles. The van der Waals surface area contributed by atoms with Crippen molar-refractivity contribution in [2.24, 2.45) is 0 Å². The molecule has 0 aromatic carbocycles. The third-order valence-electron chi connectivity index (χ3n) is 3.09. The van der Waals surface area contributed by atoms with E-state index in [4.69, 9.17) is 0 Å². The van der Waals surface area contributed by atoms with Crippen LogP contribution in [0.15, 0.2) is 6.20 Å². The van der Waals surface area contributed by atoms with Crippen LogP contribution in [0.1, 0.15) is 39.4 Å². The molecular formula is C12H23N3O2S. The standard InChI is InChI=1S/C12H23N3O2S/c1-9(2)15-7-10(3)14-11(15)13-8-12(4,5)18(6,16)17/h7,9H,8H2,1-6H3,(H,13,14). The fraction of sp³-hybridized carbons (Fsp3) is 0.750. The Morgan fingerprint density at radius 2 is 2.00 bits per heavy atom. The number of rotatable bonds is 5. The van der Waals surface area contributed by atoms with Crippen molar-refractivity contribution in [3.05, 3.63) is 11.9 Å². The first kappa shape index (κ1) is 15.0. The molecule has 0 aliphatic heterocycles. The van der Waals surface area contributed by atoms with Crippen LogP contribution in [0, 0.1) is 6.92 Å². The van der Waals surface area contributed by atoms with Crippen molar-refractivity contribution < 1.29 is 8.42 Å². The zero-order valence-corrected chi connectivity index (χ0v) is 12.8. The van der Waals surface area contributed by atoms with E-state index in [2.05, 4.69) is 24.1 Å². The molecule has 1 aromatic rings. The molecule has 1 N–H and O–H groups in total. The van der Waals surface area contributed by atoms with Gasteiger partial charge < -0.3 is 9.88 Å². The van der Waals surface area contributed by atoms with Crippen LogP contribution in [0.4, 0.5) is 5.95 Å². The molecule has 0 saturated carbocycles. The average Bonchev–Trinajstić information content (AvgIpc) is 2.55. The number of anilines is 1. The smallest absolute Gasteiger partial charge is 0.203 e. The van der Waals surface area contributed by atoms with E-state index in [-0.39, 0.29) is 6.04 Å². The number of nitrogens with zero attached hydrogens (tertiary/aromatic N) is 2. The highest BCUT2D eigenvalue weighted by molar-refractivity contribution is 7.92. The molecule has 0 radical (unpaired) electrons. The Morgan fingerprint density at radius 1 is 1.44 bits per heavy atom. The highest BCUT2D eigenvalue weighted by atomic mass is 32.2. The number of sulfone groups is 1. The molecule has 0 bridgehead atoms. The van der Waals surface area contributed by atoms with Gasteiger partial charge >= 0.3 is 0 Å². The van der Waals surface area contributed by atoms with Crippen LogP contribution in [-0.4, -0.2) is 35.5 Å². The Bertz CT molecular complexity index is 515. The van der Waals surface area contributed by atoms with E-state index in [1.54, 1.807) is 13.8 Å². The van der Waals surface area contributed by atoms with Gasteiger partial charge in [-0.1, -0.05) is 0 Å². The lowest BCUT2D eigenvalue weighted by Crippen LogP contribution is -2.38. The molecule has 0 saturated heterocycles. The number of aromatic nitrogens is 2. The Hall–Kier alpha value is -1.04. The second-order valence-corrected chi connectivity index (χ2v) is 8.24. The maximum atomic E-state index is 11.6. The van der Waals surface area contributed by atoms with E-state index < -0.39 is 14.6 Å². The zero-order valence-electron chi connectivity index (χ0n) is 12.0. The molecule has 1 heterocycles. The molecule has 0 fully saturated rings. The van der Waals surface area contributed by atoms with Gasteiger partial charge in [-0.05, 0) is 34.6 Å². The highest BCUT2D eigenvalue weighted by Gasteiger charge is 2.30. The van der Waals surface area contributed by atoms with Gasteiger partial charge in [0.1, 0.15) is 0 Å². The summed E-state index contributed by atoms with van der Waals surface area (Å²) in [5, 5.41) is 3.13. The van der Waals surface area contributed by atoms with Crippen LogP contribution >= 0.6 is 0 Å². The third kappa shape index (κ3) is 3.25. The summed E-state index contributed by atoms with van der Waals surface area (Å²) in [6.45, 7) is 9.82. The van der Waals surface area contributed by atoms with Crippen molar-refractivity contribution in [2.75, 3.05) is 18.1 Å². The van der Waals surface area contributed by atoms with Gasteiger partial charge in [-0.25, -0.2) is 13.4 Å². The molecule has 0 unspecified atom stereocenters. The Morgan fingerprint density at radius 3 is 2.44 bits per heavy atom. The van der Waals surface area contributed by atoms with Gasteiger partial charge in [-0.2, -0.15) is 0 Å². The molecule has 0 aliphatic carbocycles. The first-order valence-corrected chi connectivity index (χ1v) is 7.92. The SMILES string of the molecule is Cc1cn(C(C)C)c(NCC(C)(C)S(C)(=O)=O)n1. The summed E-state index contributed by atoms with van der Waals surface area (Å²) < 4.78 is 24.5. The number of nitrogens with one attached hydrogen (secondary N) is 1. The van der Waals surface area contributed by atoms with Gasteiger partial charge in [0.25, 0.3) is 0 Å². The normalized spacial score (nSPS) is 13.1. The van der Waals surface area contributed by atoms with Gasteiger partial charge in [0.05, 0.1) is 10.4 Å². The third-order valence-corrected chi connectivity index (χ3v) is 5.24. The highest BCUT2D eigenvalue weighted by Crippen LogP contribution is 2.19. The zero-order chi connectivity index (χ0) is 14.1. The molecule has 6 heteroatoms. The lowest BCUT2D eigenvalue weighted by molar-refractivity contribution is 0.556. The minimum Gasteiger partial charge on any atom is -0.354 e. The van der Waals surface area contributed by atoms with Crippen molar-refractivity contribution in [3.8, 4) is 0 Å². The summed E-state index contributed by atoms with van der Waals surface area (Å²) in [5.74, 6) is 0.722. The van der Waals surface area contributed by atoms with Crippen LogP contribution < -0.4 is 5.32 Å².